The molecule has 0 bridgehead atoms. The number of nitrogens with one attached hydrogen (secondary N) is 2. The SMILES string of the molecule is Fc1ccc(C2CNC3c4nnccc4CCc4c[nH]c2c43)c(F)c1. The van der Waals surface area contributed by atoms with Crippen LogP contribution < -0.4 is 5.32 Å². The molecule has 3 aromatic rings. The van der Waals surface area contributed by atoms with Gasteiger partial charge in [-0.3, -0.25) is 0 Å². The summed E-state index contributed by atoms with van der Waals surface area (Å²) in [4.78, 5) is 3.35. The highest BCUT2D eigenvalue weighted by Crippen LogP contribution is 2.41. The van der Waals surface area contributed by atoms with Crippen molar-refractivity contribution in [3.63, 3.8) is 0 Å². The molecular weight excluding hydrogens is 322 g/mol. The summed E-state index contributed by atoms with van der Waals surface area (Å²) in [5.41, 5.74) is 5.99. The van der Waals surface area contributed by atoms with E-state index in [0.29, 0.717) is 12.1 Å². The summed E-state index contributed by atoms with van der Waals surface area (Å²) in [6.45, 7) is 0.552. The lowest BCUT2D eigenvalue weighted by atomic mass is 9.85. The van der Waals surface area contributed by atoms with Crippen LogP contribution in [0.4, 0.5) is 8.78 Å². The van der Waals surface area contributed by atoms with Crippen molar-refractivity contribution in [2.75, 3.05) is 6.54 Å². The highest BCUT2D eigenvalue weighted by atomic mass is 19.1. The molecule has 0 spiro atoms. The Morgan fingerprint density at radius 2 is 1.96 bits per heavy atom. The van der Waals surface area contributed by atoms with Gasteiger partial charge >= 0.3 is 0 Å². The molecule has 0 amide bonds. The fraction of sp³-hybridized carbons (Fsp3) is 0.263. The van der Waals surface area contributed by atoms with E-state index in [1.54, 1.807) is 6.20 Å². The van der Waals surface area contributed by atoms with Crippen LogP contribution in [0.5, 0.6) is 0 Å². The summed E-state index contributed by atoms with van der Waals surface area (Å²) in [5, 5.41) is 11.9. The Morgan fingerprint density at radius 3 is 2.84 bits per heavy atom. The number of halogens is 2. The molecule has 2 aliphatic rings. The fourth-order valence-corrected chi connectivity index (χ4v) is 4.14. The monoisotopic (exact) mass is 338 g/mol. The van der Waals surface area contributed by atoms with Crippen LogP contribution in [0.15, 0.2) is 36.7 Å². The van der Waals surface area contributed by atoms with Gasteiger partial charge in [-0.1, -0.05) is 6.07 Å². The zero-order valence-corrected chi connectivity index (χ0v) is 13.4. The van der Waals surface area contributed by atoms with Gasteiger partial charge < -0.3 is 10.3 Å². The average molecular weight is 338 g/mol. The van der Waals surface area contributed by atoms with Crippen LogP contribution in [0.3, 0.4) is 0 Å². The summed E-state index contributed by atoms with van der Waals surface area (Å²) in [7, 11) is 0. The lowest BCUT2D eigenvalue weighted by Crippen LogP contribution is -2.35. The van der Waals surface area contributed by atoms with Crippen molar-refractivity contribution in [1.29, 1.82) is 0 Å². The molecule has 3 heterocycles. The van der Waals surface area contributed by atoms with E-state index in [-0.39, 0.29) is 12.0 Å². The van der Waals surface area contributed by atoms with Gasteiger partial charge in [0.25, 0.3) is 0 Å². The Hall–Kier alpha value is -2.60. The minimum Gasteiger partial charge on any atom is -0.364 e. The number of fused-ring (bicyclic) bond motifs is 2. The van der Waals surface area contributed by atoms with Crippen molar-refractivity contribution in [2.24, 2.45) is 0 Å². The minimum atomic E-state index is -0.558. The maximum absolute atomic E-state index is 14.3. The molecule has 0 saturated carbocycles. The zero-order valence-electron chi connectivity index (χ0n) is 13.4. The van der Waals surface area contributed by atoms with Crippen LogP contribution in [-0.2, 0) is 12.8 Å². The number of aromatic amines is 1. The highest BCUT2D eigenvalue weighted by Gasteiger charge is 2.36. The molecule has 2 unspecified atom stereocenters. The Kier molecular flexibility index (Phi) is 3.21. The van der Waals surface area contributed by atoms with E-state index in [1.807, 2.05) is 12.3 Å². The smallest absolute Gasteiger partial charge is 0.130 e. The molecular formula is C19H16F2N4. The minimum absolute atomic E-state index is 0.0396. The third-order valence-electron chi connectivity index (χ3n) is 5.31. The van der Waals surface area contributed by atoms with E-state index >= 15 is 0 Å². The Morgan fingerprint density at radius 1 is 1.08 bits per heavy atom. The third kappa shape index (κ3) is 2.21. The van der Waals surface area contributed by atoms with Gasteiger partial charge in [-0.15, -0.1) is 0 Å². The second kappa shape index (κ2) is 5.46. The van der Waals surface area contributed by atoms with Crippen molar-refractivity contribution in [3.8, 4) is 0 Å². The van der Waals surface area contributed by atoms with E-state index < -0.39 is 11.6 Å². The Balaban J connectivity index is 1.65. The molecule has 0 radical (unpaired) electrons. The first-order chi connectivity index (χ1) is 12.2. The predicted octanol–water partition coefficient (Wildman–Crippen LogP) is 3.01. The van der Waals surface area contributed by atoms with E-state index in [2.05, 4.69) is 20.5 Å². The molecule has 4 nitrogen and oxygen atoms in total. The first-order valence-electron chi connectivity index (χ1n) is 8.41. The molecule has 0 fully saturated rings. The van der Waals surface area contributed by atoms with Gasteiger partial charge in [0.1, 0.15) is 11.6 Å². The molecule has 1 aliphatic carbocycles. The molecule has 1 aliphatic heterocycles. The molecule has 2 aromatic heterocycles. The largest absolute Gasteiger partial charge is 0.364 e. The van der Waals surface area contributed by atoms with Gasteiger partial charge in [0.2, 0.25) is 0 Å². The van der Waals surface area contributed by atoms with E-state index in [1.165, 1.54) is 23.3 Å². The lowest BCUT2D eigenvalue weighted by molar-refractivity contribution is 0.493. The maximum Gasteiger partial charge on any atom is 0.130 e. The summed E-state index contributed by atoms with van der Waals surface area (Å²) in [5.74, 6) is -1.25. The fourth-order valence-electron chi connectivity index (χ4n) is 4.14. The van der Waals surface area contributed by atoms with Crippen molar-refractivity contribution in [3.05, 3.63) is 81.9 Å². The molecule has 126 valence electrons. The lowest BCUT2D eigenvalue weighted by Gasteiger charge is -2.31. The molecule has 2 N–H and O–H groups in total. The Bertz CT molecular complexity index is 966. The summed E-state index contributed by atoms with van der Waals surface area (Å²) in [6, 6.07) is 5.78. The Labute approximate surface area is 143 Å². The van der Waals surface area contributed by atoms with Crippen molar-refractivity contribution in [1.82, 2.24) is 20.5 Å². The molecule has 5 rings (SSSR count). The van der Waals surface area contributed by atoms with Crippen LogP contribution in [0.1, 0.15) is 45.6 Å². The molecule has 25 heavy (non-hydrogen) atoms. The van der Waals surface area contributed by atoms with Crippen LogP contribution in [0.25, 0.3) is 0 Å². The van der Waals surface area contributed by atoms with Crippen LogP contribution in [-0.4, -0.2) is 21.7 Å². The van der Waals surface area contributed by atoms with Gasteiger partial charge in [0.15, 0.2) is 0 Å². The second-order valence-corrected chi connectivity index (χ2v) is 6.64. The van der Waals surface area contributed by atoms with Gasteiger partial charge in [-0.25, -0.2) is 8.78 Å². The summed E-state index contributed by atoms with van der Waals surface area (Å²) < 4.78 is 27.6. The number of aromatic nitrogens is 3. The summed E-state index contributed by atoms with van der Waals surface area (Å²) >= 11 is 0. The zero-order chi connectivity index (χ0) is 17.0. The number of benzene rings is 1. The maximum atomic E-state index is 14.3. The van der Waals surface area contributed by atoms with Gasteiger partial charge in [0.05, 0.1) is 11.7 Å². The van der Waals surface area contributed by atoms with Crippen LogP contribution in [0, 0.1) is 11.6 Å². The normalized spacial score (nSPS) is 21.4. The highest BCUT2D eigenvalue weighted by molar-refractivity contribution is 5.49. The summed E-state index contributed by atoms with van der Waals surface area (Å²) in [6.07, 6.45) is 5.55. The quantitative estimate of drug-likeness (QED) is 0.717. The topological polar surface area (TPSA) is 53.6 Å². The van der Waals surface area contributed by atoms with Gasteiger partial charge in [-0.2, -0.15) is 10.2 Å². The van der Waals surface area contributed by atoms with Crippen LogP contribution in [0.2, 0.25) is 0 Å². The standard InChI is InChI=1S/C19H16F2N4/c20-12-3-4-13(15(21)7-12)14-9-23-19-16-11(8-22-18(14)16)2-1-10-5-6-24-25-17(10)19/h3-8,14,19,22-23H,1-2,9H2. The van der Waals surface area contributed by atoms with Crippen LogP contribution >= 0.6 is 0 Å². The van der Waals surface area contributed by atoms with Crippen molar-refractivity contribution < 1.29 is 8.78 Å². The van der Waals surface area contributed by atoms with E-state index in [9.17, 15) is 8.78 Å². The molecule has 2 atom stereocenters. The van der Waals surface area contributed by atoms with Crippen molar-refractivity contribution in [2.45, 2.75) is 24.8 Å². The molecule has 0 saturated heterocycles. The average Bonchev–Trinajstić information content (AvgIpc) is 2.97. The van der Waals surface area contributed by atoms with E-state index in [4.69, 9.17) is 0 Å². The second-order valence-electron chi connectivity index (χ2n) is 6.64. The number of nitrogens with zero attached hydrogens (tertiary/aromatic N) is 2. The number of H-pyrrole nitrogens is 1. The van der Waals surface area contributed by atoms with Gasteiger partial charge in [-0.05, 0) is 47.2 Å². The molecule has 6 heteroatoms. The predicted molar refractivity (Wildman–Crippen MR) is 88.3 cm³/mol. The number of hydrogen-bond donors (Lipinski definition) is 2. The first-order valence-corrected chi connectivity index (χ1v) is 8.41. The number of rotatable bonds is 1. The number of aryl methyl sites for hydroxylation is 2. The number of hydrogen-bond acceptors (Lipinski definition) is 3. The van der Waals surface area contributed by atoms with Crippen molar-refractivity contribution >= 4 is 0 Å². The van der Waals surface area contributed by atoms with Gasteiger partial charge in [0, 0.05) is 36.6 Å². The first kappa shape index (κ1) is 14.7. The molecule has 1 aromatic carbocycles. The van der Waals surface area contributed by atoms with E-state index in [0.717, 1.165) is 35.9 Å². The third-order valence-corrected chi connectivity index (χ3v) is 5.31.